The van der Waals surface area contributed by atoms with Crippen LogP contribution in [0.5, 0.6) is 0 Å². The summed E-state index contributed by atoms with van der Waals surface area (Å²) in [6.07, 6.45) is 2.68. The quantitative estimate of drug-likeness (QED) is 0.614. The molecule has 110 valence electrons. The van der Waals surface area contributed by atoms with E-state index in [0.29, 0.717) is 24.0 Å². The molecule has 0 saturated heterocycles. The molecule has 0 aromatic rings. The lowest BCUT2D eigenvalue weighted by Crippen LogP contribution is -2.32. The predicted molar refractivity (Wildman–Crippen MR) is 82.4 cm³/mol. The molecule has 1 aliphatic carbocycles. The van der Waals surface area contributed by atoms with Gasteiger partial charge in [0.2, 0.25) is 0 Å². The minimum Gasteiger partial charge on any atom is -0.470 e. The normalized spacial score (nSPS) is 17.4. The van der Waals surface area contributed by atoms with Gasteiger partial charge < -0.3 is 15.4 Å². The lowest BCUT2D eigenvalue weighted by atomic mass is 10.1. The number of Topliss-reactive ketones (excluding diaryl/α,β-unsaturated/α-hetero) is 1. The Morgan fingerprint density at radius 2 is 2.05 bits per heavy atom. The number of amides is 1. The number of primary amides is 1. The fourth-order valence-corrected chi connectivity index (χ4v) is 2.14. The van der Waals surface area contributed by atoms with E-state index in [9.17, 15) is 4.79 Å². The molecule has 0 spiro atoms. The van der Waals surface area contributed by atoms with E-state index in [1.807, 2.05) is 18.7 Å². The third-order valence-corrected chi connectivity index (χ3v) is 3.24. The predicted octanol–water partition coefficient (Wildman–Crippen LogP) is 1.99. The van der Waals surface area contributed by atoms with Crippen molar-refractivity contribution < 1.29 is 14.3 Å². The van der Waals surface area contributed by atoms with E-state index in [1.165, 1.54) is 0 Å². The molecule has 2 N–H and O–H groups in total. The zero-order valence-electron chi connectivity index (χ0n) is 11.4. The van der Waals surface area contributed by atoms with Gasteiger partial charge in [0.1, 0.15) is 12.4 Å². The summed E-state index contributed by atoms with van der Waals surface area (Å²) in [6, 6.07) is 0. The number of hydrogen-bond donors (Lipinski definition) is 2. The van der Waals surface area contributed by atoms with Crippen molar-refractivity contribution in [3.63, 3.8) is 0 Å². The standard InChI is InChI=1S/C11H19NO2S.CH3NOS/c1-3-12(4-2)11(15)14-8-9-6-5-7-10(9)13;2-1(3)4/h9H,3-8H2,1-2H3;(H3,2,3,4). The van der Waals surface area contributed by atoms with Crippen molar-refractivity contribution >= 4 is 41.0 Å². The molecule has 1 atom stereocenters. The van der Waals surface area contributed by atoms with E-state index in [1.54, 1.807) is 0 Å². The molecule has 1 aliphatic rings. The summed E-state index contributed by atoms with van der Waals surface area (Å²) in [5.41, 5.74) is 4.34. The summed E-state index contributed by atoms with van der Waals surface area (Å²) in [5, 5.41) is -0.111. The van der Waals surface area contributed by atoms with Crippen molar-refractivity contribution in [2.75, 3.05) is 19.7 Å². The van der Waals surface area contributed by atoms with Crippen molar-refractivity contribution in [3.8, 4) is 0 Å². The second-order valence-corrected chi connectivity index (χ2v) is 4.93. The van der Waals surface area contributed by atoms with Gasteiger partial charge >= 0.3 is 0 Å². The van der Waals surface area contributed by atoms with Crippen LogP contribution in [0.4, 0.5) is 4.79 Å². The van der Waals surface area contributed by atoms with Gasteiger partial charge in [-0.3, -0.25) is 9.59 Å². The first-order chi connectivity index (χ1) is 8.92. The van der Waals surface area contributed by atoms with E-state index in [2.05, 4.69) is 18.4 Å². The molecule has 7 heteroatoms. The second-order valence-electron chi connectivity index (χ2n) is 4.14. The maximum absolute atomic E-state index is 11.4. The first-order valence-electron chi connectivity index (χ1n) is 6.35. The van der Waals surface area contributed by atoms with Crippen LogP contribution in [-0.2, 0) is 9.53 Å². The Labute approximate surface area is 125 Å². The highest BCUT2D eigenvalue weighted by Crippen LogP contribution is 2.21. The first-order valence-corrected chi connectivity index (χ1v) is 7.20. The van der Waals surface area contributed by atoms with Crippen LogP contribution in [0.3, 0.4) is 0 Å². The van der Waals surface area contributed by atoms with Crippen LogP contribution in [0.1, 0.15) is 33.1 Å². The molecule has 0 aromatic carbocycles. The van der Waals surface area contributed by atoms with Crippen molar-refractivity contribution in [2.45, 2.75) is 33.1 Å². The van der Waals surface area contributed by atoms with Gasteiger partial charge in [0, 0.05) is 19.5 Å². The fraction of sp³-hybridized carbons (Fsp3) is 0.750. The summed E-state index contributed by atoms with van der Waals surface area (Å²) in [7, 11) is 0. The molecule has 1 saturated carbocycles. The summed E-state index contributed by atoms with van der Waals surface area (Å²) in [4.78, 5) is 22.4. The molecule has 1 unspecified atom stereocenters. The van der Waals surface area contributed by atoms with Crippen LogP contribution in [0.2, 0.25) is 0 Å². The van der Waals surface area contributed by atoms with E-state index in [-0.39, 0.29) is 5.92 Å². The molecular formula is C12H22N2O3S2. The molecule has 19 heavy (non-hydrogen) atoms. The minimum atomic E-state index is -0.639. The highest BCUT2D eigenvalue weighted by atomic mass is 32.1. The molecule has 0 aliphatic heterocycles. The van der Waals surface area contributed by atoms with Gasteiger partial charge in [0.15, 0.2) is 0 Å². The smallest absolute Gasteiger partial charge is 0.273 e. The lowest BCUT2D eigenvalue weighted by Gasteiger charge is -2.22. The van der Waals surface area contributed by atoms with Crippen molar-refractivity contribution in [3.05, 3.63) is 0 Å². The SMILES string of the molecule is CCN(CC)C(=S)OCC1CCCC1=O.NC(=O)S. The van der Waals surface area contributed by atoms with Crippen LogP contribution in [0, 0.1) is 5.92 Å². The Balaban J connectivity index is 0.000000711. The zero-order chi connectivity index (χ0) is 14.8. The number of nitrogens with zero attached hydrogens (tertiary/aromatic N) is 1. The Morgan fingerprint density at radius 3 is 2.42 bits per heavy atom. The fourth-order valence-electron chi connectivity index (χ4n) is 1.81. The zero-order valence-corrected chi connectivity index (χ0v) is 13.1. The third-order valence-electron chi connectivity index (χ3n) is 2.86. The molecule has 0 aromatic heterocycles. The number of hydrogen-bond acceptors (Lipinski definition) is 4. The van der Waals surface area contributed by atoms with Crippen LogP contribution in [-0.4, -0.2) is 40.8 Å². The minimum absolute atomic E-state index is 0.0820. The van der Waals surface area contributed by atoms with Gasteiger partial charge in [0.05, 0.1) is 5.92 Å². The van der Waals surface area contributed by atoms with Crippen LogP contribution < -0.4 is 5.73 Å². The molecule has 1 amide bonds. The van der Waals surface area contributed by atoms with Crippen molar-refractivity contribution in [1.82, 2.24) is 4.90 Å². The number of ether oxygens (including phenoxy) is 1. The summed E-state index contributed by atoms with van der Waals surface area (Å²) in [6.45, 7) is 6.26. The Morgan fingerprint density at radius 1 is 1.53 bits per heavy atom. The van der Waals surface area contributed by atoms with E-state index >= 15 is 0 Å². The third kappa shape index (κ3) is 8.05. The Hall–Kier alpha value is -0.820. The molecule has 5 nitrogen and oxygen atoms in total. The highest BCUT2D eigenvalue weighted by Gasteiger charge is 2.25. The van der Waals surface area contributed by atoms with Crippen molar-refractivity contribution in [1.29, 1.82) is 0 Å². The maximum atomic E-state index is 11.4. The topological polar surface area (TPSA) is 72.6 Å². The van der Waals surface area contributed by atoms with Gasteiger partial charge in [-0.25, -0.2) is 0 Å². The number of rotatable bonds is 4. The Bertz CT molecular complexity index is 316. The van der Waals surface area contributed by atoms with Crippen LogP contribution in [0.25, 0.3) is 0 Å². The van der Waals surface area contributed by atoms with Crippen LogP contribution >= 0.6 is 24.8 Å². The number of ketones is 1. The van der Waals surface area contributed by atoms with Crippen molar-refractivity contribution in [2.24, 2.45) is 11.7 Å². The molecule has 0 heterocycles. The van der Waals surface area contributed by atoms with Gasteiger partial charge in [0.25, 0.3) is 10.4 Å². The second kappa shape index (κ2) is 10.0. The van der Waals surface area contributed by atoms with Crippen LogP contribution in [0.15, 0.2) is 0 Å². The van der Waals surface area contributed by atoms with Gasteiger partial charge in [-0.1, -0.05) is 12.6 Å². The largest absolute Gasteiger partial charge is 0.470 e. The molecule has 0 bridgehead atoms. The number of thiol groups is 1. The number of carbonyl (C=O) groups is 2. The van der Waals surface area contributed by atoms with Gasteiger partial charge in [-0.05, 0) is 38.9 Å². The highest BCUT2D eigenvalue weighted by molar-refractivity contribution is 7.96. The van der Waals surface area contributed by atoms with E-state index in [4.69, 9.17) is 21.7 Å². The van der Waals surface area contributed by atoms with E-state index in [0.717, 1.165) is 25.9 Å². The number of nitrogens with two attached hydrogens (primary N) is 1. The number of thiocarbonyl (C=S) groups is 1. The Kier molecular flexibility index (Phi) is 9.59. The maximum Gasteiger partial charge on any atom is 0.273 e. The molecule has 0 radical (unpaired) electrons. The molecular weight excluding hydrogens is 284 g/mol. The summed E-state index contributed by atoms with van der Waals surface area (Å²) < 4.78 is 5.48. The average Bonchev–Trinajstić information content (AvgIpc) is 2.73. The summed E-state index contributed by atoms with van der Waals surface area (Å²) in [5.74, 6) is 0.413. The first kappa shape index (κ1) is 18.2. The number of carbonyl (C=O) groups excluding carboxylic acids is 2. The van der Waals surface area contributed by atoms with E-state index < -0.39 is 5.24 Å². The lowest BCUT2D eigenvalue weighted by molar-refractivity contribution is -0.121. The molecule has 1 rings (SSSR count). The average molecular weight is 306 g/mol. The molecule has 1 fully saturated rings. The van der Waals surface area contributed by atoms with Gasteiger partial charge in [-0.15, -0.1) is 0 Å². The monoisotopic (exact) mass is 306 g/mol. The summed E-state index contributed by atoms with van der Waals surface area (Å²) >= 11 is 8.24. The van der Waals surface area contributed by atoms with Gasteiger partial charge in [-0.2, -0.15) is 0 Å².